The molecule has 52 valence electrons. The van der Waals surface area contributed by atoms with Gasteiger partial charge in [-0.25, -0.2) is 0 Å². The van der Waals surface area contributed by atoms with Gasteiger partial charge in [-0.3, -0.25) is 4.79 Å². The Morgan fingerprint density at radius 3 is 2.78 bits per heavy atom. The van der Waals surface area contributed by atoms with E-state index in [1.165, 1.54) is 0 Å². The summed E-state index contributed by atoms with van der Waals surface area (Å²) in [6, 6.07) is 0.00694. The Bertz CT molecular complexity index is 124. The molecular weight excluding hydrogens is 118 g/mol. The van der Waals surface area contributed by atoms with E-state index >= 15 is 0 Å². The third kappa shape index (κ3) is 1.21. The van der Waals surface area contributed by atoms with Crippen molar-refractivity contribution in [3.8, 4) is 0 Å². The van der Waals surface area contributed by atoms with E-state index in [-0.39, 0.29) is 24.5 Å². The number of amides is 1. The molecule has 1 aliphatic heterocycles. The predicted molar refractivity (Wildman–Crippen MR) is 32.8 cm³/mol. The molecule has 1 rings (SSSR count). The van der Waals surface area contributed by atoms with Gasteiger partial charge in [0, 0.05) is 5.92 Å². The van der Waals surface area contributed by atoms with E-state index in [0.29, 0.717) is 0 Å². The van der Waals surface area contributed by atoms with E-state index in [1.807, 2.05) is 6.92 Å². The molecule has 0 bridgehead atoms. The summed E-state index contributed by atoms with van der Waals surface area (Å²) < 4.78 is 0. The van der Waals surface area contributed by atoms with E-state index in [4.69, 9.17) is 5.11 Å². The predicted octanol–water partition coefficient (Wildman–Crippen LogP) is -0.497. The zero-order valence-electron chi connectivity index (χ0n) is 5.42. The molecule has 1 aliphatic rings. The third-order valence-electron chi connectivity index (χ3n) is 1.65. The molecule has 9 heavy (non-hydrogen) atoms. The number of nitrogens with one attached hydrogen (secondary N) is 1. The largest absolute Gasteiger partial charge is 0.394 e. The first-order chi connectivity index (χ1) is 4.24. The molecule has 0 aromatic heterocycles. The lowest BCUT2D eigenvalue weighted by atomic mass is 10.1. The van der Waals surface area contributed by atoms with Gasteiger partial charge in [0.25, 0.3) is 0 Å². The maximum Gasteiger partial charge on any atom is 0.223 e. The standard InChI is InChI=1S/C6H11NO2/c1-4-2-5(3-8)7-6(4)9/h4-5,8H,2-3H2,1H3,(H,7,9). The van der Waals surface area contributed by atoms with Crippen LogP contribution in [-0.4, -0.2) is 23.7 Å². The van der Waals surface area contributed by atoms with E-state index in [2.05, 4.69) is 5.32 Å². The Balaban J connectivity index is 2.44. The lowest BCUT2D eigenvalue weighted by Gasteiger charge is -2.01. The summed E-state index contributed by atoms with van der Waals surface area (Å²) in [5, 5.41) is 11.3. The molecule has 1 heterocycles. The minimum absolute atomic E-state index is 0.00694. The van der Waals surface area contributed by atoms with Gasteiger partial charge in [0.2, 0.25) is 5.91 Å². The van der Waals surface area contributed by atoms with Crippen LogP contribution >= 0.6 is 0 Å². The van der Waals surface area contributed by atoms with Gasteiger partial charge < -0.3 is 10.4 Å². The number of rotatable bonds is 1. The molecule has 2 N–H and O–H groups in total. The molecule has 0 aromatic carbocycles. The summed E-state index contributed by atoms with van der Waals surface area (Å²) in [7, 11) is 0. The monoisotopic (exact) mass is 129 g/mol. The van der Waals surface area contributed by atoms with Gasteiger partial charge in [0.1, 0.15) is 0 Å². The number of hydrogen-bond donors (Lipinski definition) is 2. The van der Waals surface area contributed by atoms with Crippen LogP contribution in [0.25, 0.3) is 0 Å². The zero-order chi connectivity index (χ0) is 6.85. The summed E-state index contributed by atoms with van der Waals surface area (Å²) in [6.45, 7) is 1.93. The normalized spacial score (nSPS) is 34.7. The van der Waals surface area contributed by atoms with Gasteiger partial charge in [-0.2, -0.15) is 0 Å². The second-order valence-corrected chi connectivity index (χ2v) is 2.52. The third-order valence-corrected chi connectivity index (χ3v) is 1.65. The Morgan fingerprint density at radius 1 is 1.89 bits per heavy atom. The Labute approximate surface area is 54.1 Å². The number of aliphatic hydroxyl groups is 1. The van der Waals surface area contributed by atoms with Gasteiger partial charge in [0.05, 0.1) is 12.6 Å². The van der Waals surface area contributed by atoms with E-state index in [0.717, 1.165) is 6.42 Å². The highest BCUT2D eigenvalue weighted by molar-refractivity contribution is 5.80. The van der Waals surface area contributed by atoms with Crippen molar-refractivity contribution in [3.63, 3.8) is 0 Å². The molecular formula is C6H11NO2. The average Bonchev–Trinajstić information content (AvgIpc) is 2.13. The second-order valence-electron chi connectivity index (χ2n) is 2.52. The fourth-order valence-electron chi connectivity index (χ4n) is 1.06. The fourth-order valence-corrected chi connectivity index (χ4v) is 1.06. The highest BCUT2D eigenvalue weighted by atomic mass is 16.3. The number of hydrogen-bond acceptors (Lipinski definition) is 2. The molecule has 2 unspecified atom stereocenters. The average molecular weight is 129 g/mol. The molecule has 0 spiro atoms. The van der Waals surface area contributed by atoms with Crippen molar-refractivity contribution in [1.82, 2.24) is 5.32 Å². The fraction of sp³-hybridized carbons (Fsp3) is 0.833. The van der Waals surface area contributed by atoms with Gasteiger partial charge in [-0.05, 0) is 6.42 Å². The van der Waals surface area contributed by atoms with Crippen molar-refractivity contribution < 1.29 is 9.90 Å². The Hall–Kier alpha value is -0.570. The molecule has 3 nitrogen and oxygen atoms in total. The van der Waals surface area contributed by atoms with Crippen molar-refractivity contribution in [2.45, 2.75) is 19.4 Å². The topological polar surface area (TPSA) is 49.3 Å². The van der Waals surface area contributed by atoms with Crippen molar-refractivity contribution in [2.24, 2.45) is 5.92 Å². The molecule has 1 amide bonds. The molecule has 2 atom stereocenters. The van der Waals surface area contributed by atoms with Gasteiger partial charge in [-0.1, -0.05) is 6.92 Å². The van der Waals surface area contributed by atoms with Crippen LogP contribution in [0.15, 0.2) is 0 Å². The summed E-state index contributed by atoms with van der Waals surface area (Å²) in [4.78, 5) is 10.7. The maximum absolute atomic E-state index is 10.7. The van der Waals surface area contributed by atoms with Crippen LogP contribution in [0.4, 0.5) is 0 Å². The summed E-state index contributed by atoms with van der Waals surface area (Å²) in [5.41, 5.74) is 0. The lowest BCUT2D eigenvalue weighted by Crippen LogP contribution is -2.28. The van der Waals surface area contributed by atoms with Gasteiger partial charge in [-0.15, -0.1) is 0 Å². The smallest absolute Gasteiger partial charge is 0.223 e. The second kappa shape index (κ2) is 2.35. The molecule has 0 saturated carbocycles. The first kappa shape index (κ1) is 6.55. The van der Waals surface area contributed by atoms with Crippen LogP contribution < -0.4 is 5.32 Å². The van der Waals surface area contributed by atoms with Crippen molar-refractivity contribution in [1.29, 1.82) is 0 Å². The zero-order valence-corrected chi connectivity index (χ0v) is 5.42. The minimum Gasteiger partial charge on any atom is -0.394 e. The quantitative estimate of drug-likeness (QED) is 0.501. The molecule has 1 fully saturated rings. The van der Waals surface area contributed by atoms with Gasteiger partial charge >= 0.3 is 0 Å². The molecule has 0 aliphatic carbocycles. The van der Waals surface area contributed by atoms with E-state index < -0.39 is 0 Å². The Kier molecular flexibility index (Phi) is 1.71. The SMILES string of the molecule is CC1CC(CO)NC1=O. The molecule has 0 radical (unpaired) electrons. The highest BCUT2D eigenvalue weighted by Crippen LogP contribution is 2.12. The number of aliphatic hydroxyl groups excluding tert-OH is 1. The van der Waals surface area contributed by atoms with Crippen LogP contribution in [0.5, 0.6) is 0 Å². The van der Waals surface area contributed by atoms with Crippen LogP contribution in [0.3, 0.4) is 0 Å². The minimum atomic E-state index is 0.00694. The van der Waals surface area contributed by atoms with Crippen molar-refractivity contribution in [2.75, 3.05) is 6.61 Å². The Morgan fingerprint density at radius 2 is 2.56 bits per heavy atom. The van der Waals surface area contributed by atoms with Crippen LogP contribution in [0.2, 0.25) is 0 Å². The van der Waals surface area contributed by atoms with Crippen LogP contribution in [-0.2, 0) is 4.79 Å². The van der Waals surface area contributed by atoms with Crippen molar-refractivity contribution in [3.05, 3.63) is 0 Å². The lowest BCUT2D eigenvalue weighted by molar-refractivity contribution is -0.122. The van der Waals surface area contributed by atoms with Crippen LogP contribution in [0, 0.1) is 5.92 Å². The first-order valence-electron chi connectivity index (χ1n) is 3.15. The summed E-state index contributed by atoms with van der Waals surface area (Å²) in [5.74, 6) is 0.149. The summed E-state index contributed by atoms with van der Waals surface area (Å²) in [6.07, 6.45) is 0.773. The maximum atomic E-state index is 10.7. The van der Waals surface area contributed by atoms with Gasteiger partial charge in [0.15, 0.2) is 0 Å². The number of carbonyl (C=O) groups is 1. The van der Waals surface area contributed by atoms with E-state index in [1.54, 1.807) is 0 Å². The first-order valence-corrected chi connectivity index (χ1v) is 3.15. The molecule has 0 aromatic rings. The van der Waals surface area contributed by atoms with Crippen molar-refractivity contribution >= 4 is 5.91 Å². The summed E-state index contributed by atoms with van der Waals surface area (Å²) >= 11 is 0. The van der Waals surface area contributed by atoms with Crippen LogP contribution in [0.1, 0.15) is 13.3 Å². The number of carbonyl (C=O) groups excluding carboxylic acids is 1. The van der Waals surface area contributed by atoms with E-state index in [9.17, 15) is 4.79 Å². The molecule has 1 saturated heterocycles. The molecule has 3 heteroatoms. The highest BCUT2D eigenvalue weighted by Gasteiger charge is 2.27.